The largest absolute Gasteiger partial charge is 0.327 e. The van der Waals surface area contributed by atoms with Crippen LogP contribution in [0.1, 0.15) is 19.0 Å². The Morgan fingerprint density at radius 1 is 1.45 bits per heavy atom. The molecule has 0 saturated heterocycles. The summed E-state index contributed by atoms with van der Waals surface area (Å²) in [5.74, 6) is 0. The topological polar surface area (TPSA) is 69.1 Å². The first kappa shape index (κ1) is 13.5. The van der Waals surface area contributed by atoms with Gasteiger partial charge in [-0.25, -0.2) is 4.98 Å². The highest BCUT2D eigenvalue weighted by molar-refractivity contribution is 8.01. The van der Waals surface area contributed by atoms with Crippen LogP contribution in [0.2, 0.25) is 0 Å². The van der Waals surface area contributed by atoms with Crippen LogP contribution in [0.3, 0.4) is 0 Å². The van der Waals surface area contributed by atoms with E-state index in [9.17, 15) is 0 Å². The molecule has 3 heterocycles. The Labute approximate surface area is 125 Å². The fourth-order valence-electron chi connectivity index (χ4n) is 1.98. The van der Waals surface area contributed by atoms with Crippen molar-refractivity contribution in [2.45, 2.75) is 35.2 Å². The number of nitrogens with zero attached hydrogens (tertiary/aromatic N) is 4. The molecule has 5 nitrogen and oxygen atoms in total. The molecule has 7 heteroatoms. The van der Waals surface area contributed by atoms with Gasteiger partial charge in [-0.1, -0.05) is 24.3 Å². The molecule has 0 aliphatic heterocycles. The van der Waals surface area contributed by atoms with Gasteiger partial charge < -0.3 is 10.1 Å². The lowest BCUT2D eigenvalue weighted by atomic mass is 10.1. The third kappa shape index (κ3) is 2.70. The average molecular weight is 305 g/mol. The quantitative estimate of drug-likeness (QED) is 0.784. The summed E-state index contributed by atoms with van der Waals surface area (Å²) < 4.78 is 3.01. The van der Waals surface area contributed by atoms with Crippen molar-refractivity contribution in [2.24, 2.45) is 5.73 Å². The molecule has 1 atom stereocenters. The van der Waals surface area contributed by atoms with Crippen LogP contribution in [-0.4, -0.2) is 25.6 Å². The molecule has 0 aliphatic rings. The first-order chi connectivity index (χ1) is 9.78. The molecular weight excluding hydrogens is 290 g/mol. The molecule has 3 rings (SSSR count). The lowest BCUT2D eigenvalue weighted by Gasteiger charge is -2.09. The highest BCUT2D eigenvalue weighted by atomic mass is 32.2. The molecule has 0 bridgehead atoms. The van der Waals surface area contributed by atoms with Gasteiger partial charge in [0.15, 0.2) is 4.34 Å². The van der Waals surface area contributed by atoms with Crippen molar-refractivity contribution in [3.8, 4) is 0 Å². The monoisotopic (exact) mass is 305 g/mol. The summed E-state index contributed by atoms with van der Waals surface area (Å²) in [5, 5.41) is 8.91. The third-order valence-electron chi connectivity index (χ3n) is 3.10. The molecule has 1 unspecified atom stereocenters. The van der Waals surface area contributed by atoms with Gasteiger partial charge in [0.2, 0.25) is 0 Å². The number of nitrogens with two attached hydrogens (primary N) is 1. The van der Waals surface area contributed by atoms with Crippen molar-refractivity contribution in [3.05, 3.63) is 35.6 Å². The summed E-state index contributed by atoms with van der Waals surface area (Å²) in [5.41, 5.74) is 9.94. The Bertz CT molecular complexity index is 692. The van der Waals surface area contributed by atoms with E-state index in [-0.39, 0.29) is 6.04 Å². The van der Waals surface area contributed by atoms with Gasteiger partial charge >= 0.3 is 0 Å². The van der Waals surface area contributed by atoms with Crippen LogP contribution in [0.5, 0.6) is 0 Å². The normalized spacial score (nSPS) is 12.9. The standard InChI is InChI=1S/C13H15N5S2/c1-2-9(14)7-10-12(20-13-17-15-8-19-13)16-11-5-3-4-6-18(10)11/h3-6,8-9H,2,7,14H2,1H3. The fraction of sp³-hybridized carbons (Fsp3) is 0.308. The Morgan fingerprint density at radius 3 is 3.10 bits per heavy atom. The maximum Gasteiger partial charge on any atom is 0.180 e. The highest BCUT2D eigenvalue weighted by Gasteiger charge is 2.16. The SMILES string of the molecule is CCC(N)Cc1c(Sc2nncs2)nc2ccccn12. The lowest BCUT2D eigenvalue weighted by molar-refractivity contribution is 0.627. The zero-order valence-corrected chi connectivity index (χ0v) is 12.7. The molecule has 0 fully saturated rings. The van der Waals surface area contributed by atoms with Gasteiger partial charge in [0, 0.05) is 18.7 Å². The molecule has 0 aromatic carbocycles. The second-order valence-corrected chi connectivity index (χ2v) is 6.54. The van der Waals surface area contributed by atoms with E-state index in [0.717, 1.165) is 33.5 Å². The molecule has 0 aliphatic carbocycles. The number of pyridine rings is 1. The molecule has 0 amide bonds. The number of rotatable bonds is 5. The van der Waals surface area contributed by atoms with Gasteiger partial charge in [0.1, 0.15) is 16.2 Å². The van der Waals surface area contributed by atoms with Crippen molar-refractivity contribution in [1.29, 1.82) is 0 Å². The Hall–Kier alpha value is -1.44. The lowest BCUT2D eigenvalue weighted by Crippen LogP contribution is -2.22. The maximum atomic E-state index is 6.12. The fourth-order valence-corrected chi connectivity index (χ4v) is 3.50. The molecule has 0 spiro atoms. The van der Waals surface area contributed by atoms with Crippen molar-refractivity contribution < 1.29 is 0 Å². The van der Waals surface area contributed by atoms with E-state index >= 15 is 0 Å². The Balaban J connectivity index is 2.02. The van der Waals surface area contributed by atoms with Crippen LogP contribution >= 0.6 is 23.1 Å². The van der Waals surface area contributed by atoms with Gasteiger partial charge in [-0.3, -0.25) is 0 Å². The predicted octanol–water partition coefficient (Wildman–Crippen LogP) is 2.62. The van der Waals surface area contributed by atoms with Crippen molar-refractivity contribution in [1.82, 2.24) is 19.6 Å². The van der Waals surface area contributed by atoms with Crippen LogP contribution in [-0.2, 0) is 6.42 Å². The molecule has 104 valence electrons. The molecule has 2 N–H and O–H groups in total. The zero-order valence-electron chi connectivity index (χ0n) is 11.1. The van der Waals surface area contributed by atoms with E-state index in [2.05, 4.69) is 26.5 Å². The van der Waals surface area contributed by atoms with Crippen molar-refractivity contribution >= 4 is 28.7 Å². The number of aromatic nitrogens is 4. The highest BCUT2D eigenvalue weighted by Crippen LogP contribution is 2.31. The molecular formula is C13H15N5S2. The first-order valence-corrected chi connectivity index (χ1v) is 8.13. The maximum absolute atomic E-state index is 6.12. The number of hydrogen-bond donors (Lipinski definition) is 1. The zero-order chi connectivity index (χ0) is 13.9. The van der Waals surface area contributed by atoms with E-state index < -0.39 is 0 Å². The first-order valence-electron chi connectivity index (χ1n) is 6.43. The summed E-state index contributed by atoms with van der Waals surface area (Å²) in [6.07, 6.45) is 3.79. The average Bonchev–Trinajstić information content (AvgIpc) is 3.08. The summed E-state index contributed by atoms with van der Waals surface area (Å²) >= 11 is 3.08. The Morgan fingerprint density at radius 2 is 2.35 bits per heavy atom. The van der Waals surface area contributed by atoms with Crippen LogP contribution in [0.4, 0.5) is 0 Å². The van der Waals surface area contributed by atoms with Gasteiger partial charge in [-0.15, -0.1) is 10.2 Å². The van der Waals surface area contributed by atoms with Crippen LogP contribution in [0.25, 0.3) is 5.65 Å². The molecule has 0 radical (unpaired) electrons. The molecule has 3 aromatic rings. The van der Waals surface area contributed by atoms with Gasteiger partial charge in [0.25, 0.3) is 0 Å². The summed E-state index contributed by atoms with van der Waals surface area (Å²) in [6, 6.07) is 6.15. The van der Waals surface area contributed by atoms with Crippen molar-refractivity contribution in [2.75, 3.05) is 0 Å². The smallest absolute Gasteiger partial charge is 0.180 e. The van der Waals surface area contributed by atoms with Crippen LogP contribution in [0.15, 0.2) is 39.3 Å². The number of hydrogen-bond acceptors (Lipinski definition) is 6. The van der Waals surface area contributed by atoms with E-state index in [1.165, 1.54) is 11.3 Å². The summed E-state index contributed by atoms with van der Waals surface area (Å²) in [6.45, 7) is 2.10. The van der Waals surface area contributed by atoms with Gasteiger partial charge in [-0.05, 0) is 30.3 Å². The summed E-state index contributed by atoms with van der Waals surface area (Å²) in [4.78, 5) is 4.68. The summed E-state index contributed by atoms with van der Waals surface area (Å²) in [7, 11) is 0. The number of imidazole rings is 1. The predicted molar refractivity (Wildman–Crippen MR) is 81.2 cm³/mol. The minimum Gasteiger partial charge on any atom is -0.327 e. The minimum absolute atomic E-state index is 0.142. The molecule has 3 aromatic heterocycles. The second-order valence-electron chi connectivity index (χ2n) is 4.47. The second kappa shape index (κ2) is 5.90. The van der Waals surface area contributed by atoms with E-state index in [0.29, 0.717) is 0 Å². The molecule has 0 saturated carbocycles. The van der Waals surface area contributed by atoms with E-state index in [1.54, 1.807) is 17.3 Å². The van der Waals surface area contributed by atoms with E-state index in [1.807, 2.05) is 24.4 Å². The van der Waals surface area contributed by atoms with E-state index in [4.69, 9.17) is 5.73 Å². The number of fused-ring (bicyclic) bond motifs is 1. The molecule has 20 heavy (non-hydrogen) atoms. The Kier molecular flexibility index (Phi) is 4.00. The van der Waals surface area contributed by atoms with Crippen LogP contribution < -0.4 is 5.73 Å². The van der Waals surface area contributed by atoms with Gasteiger partial charge in [-0.2, -0.15) is 0 Å². The third-order valence-corrected chi connectivity index (χ3v) is 4.89. The minimum atomic E-state index is 0.142. The van der Waals surface area contributed by atoms with Crippen LogP contribution in [0, 0.1) is 0 Å². The van der Waals surface area contributed by atoms with Gasteiger partial charge in [0.05, 0.1) is 5.69 Å². The van der Waals surface area contributed by atoms with Crippen molar-refractivity contribution in [3.63, 3.8) is 0 Å².